The maximum Gasteiger partial charge on any atom is 0.335 e. The second-order valence-corrected chi connectivity index (χ2v) is 5.39. The van der Waals surface area contributed by atoms with Gasteiger partial charge in [-0.05, 0) is 24.1 Å². The van der Waals surface area contributed by atoms with Crippen LogP contribution in [0.15, 0.2) is 54.6 Å². The predicted octanol–water partition coefficient (Wildman–Crippen LogP) is 2.71. The number of aromatic carboxylic acids is 1. The molecule has 0 bridgehead atoms. The Hall–Kier alpha value is -2.95. The van der Waals surface area contributed by atoms with Crippen LogP contribution in [0.3, 0.4) is 0 Å². The topological polar surface area (TPSA) is 83.5 Å². The molecule has 0 aliphatic carbocycles. The minimum absolute atomic E-state index is 0.0556. The van der Waals surface area contributed by atoms with Crippen LogP contribution in [0.1, 0.15) is 39.1 Å². The van der Waals surface area contributed by atoms with E-state index in [9.17, 15) is 14.4 Å². The van der Waals surface area contributed by atoms with E-state index in [-0.39, 0.29) is 30.1 Å². The van der Waals surface area contributed by atoms with E-state index in [0.29, 0.717) is 18.5 Å². The first-order valence-electron chi connectivity index (χ1n) is 7.73. The zero-order valence-corrected chi connectivity index (χ0v) is 13.2. The van der Waals surface area contributed by atoms with Crippen molar-refractivity contribution >= 4 is 17.7 Å². The molecule has 0 saturated heterocycles. The fourth-order valence-corrected chi connectivity index (χ4v) is 2.29. The van der Waals surface area contributed by atoms with Gasteiger partial charge in [-0.15, -0.1) is 0 Å². The van der Waals surface area contributed by atoms with Gasteiger partial charge in [-0.2, -0.15) is 0 Å². The smallest absolute Gasteiger partial charge is 0.335 e. The van der Waals surface area contributed by atoms with Crippen LogP contribution in [-0.4, -0.2) is 29.3 Å². The van der Waals surface area contributed by atoms with E-state index in [0.717, 1.165) is 5.56 Å². The number of carboxylic acids is 1. The molecule has 0 unspecified atom stereocenters. The zero-order chi connectivity index (χ0) is 17.4. The molecule has 0 heterocycles. The van der Waals surface area contributed by atoms with Crippen molar-refractivity contribution < 1.29 is 19.5 Å². The number of rotatable bonds is 8. The summed E-state index contributed by atoms with van der Waals surface area (Å²) in [5, 5.41) is 11.7. The Morgan fingerprint density at radius 2 is 1.58 bits per heavy atom. The van der Waals surface area contributed by atoms with Crippen molar-refractivity contribution in [2.75, 3.05) is 6.54 Å². The van der Waals surface area contributed by atoms with Gasteiger partial charge in [0, 0.05) is 24.9 Å². The number of carboxylic acid groups (broad SMARTS) is 1. The Bertz CT molecular complexity index is 725. The second kappa shape index (κ2) is 8.62. The maximum absolute atomic E-state index is 11.9. The largest absolute Gasteiger partial charge is 0.478 e. The Morgan fingerprint density at radius 3 is 2.29 bits per heavy atom. The van der Waals surface area contributed by atoms with Gasteiger partial charge in [0.25, 0.3) is 0 Å². The van der Waals surface area contributed by atoms with Crippen LogP contribution in [-0.2, 0) is 11.2 Å². The van der Waals surface area contributed by atoms with Crippen molar-refractivity contribution in [3.05, 3.63) is 71.3 Å². The van der Waals surface area contributed by atoms with Gasteiger partial charge in [-0.1, -0.05) is 42.5 Å². The molecule has 0 saturated carbocycles. The number of hydrogen-bond acceptors (Lipinski definition) is 3. The Balaban J connectivity index is 1.73. The molecule has 24 heavy (non-hydrogen) atoms. The van der Waals surface area contributed by atoms with Crippen molar-refractivity contribution in [2.45, 2.75) is 19.3 Å². The van der Waals surface area contributed by atoms with E-state index in [1.54, 1.807) is 36.4 Å². The average Bonchev–Trinajstić information content (AvgIpc) is 2.60. The number of carbonyl (C=O) groups excluding carboxylic acids is 2. The van der Waals surface area contributed by atoms with Crippen molar-refractivity contribution in [1.29, 1.82) is 0 Å². The molecule has 5 nitrogen and oxygen atoms in total. The van der Waals surface area contributed by atoms with Crippen LogP contribution in [0.4, 0.5) is 0 Å². The summed E-state index contributed by atoms with van der Waals surface area (Å²) in [7, 11) is 0. The van der Waals surface area contributed by atoms with E-state index in [1.807, 2.05) is 12.1 Å². The fourth-order valence-electron chi connectivity index (χ4n) is 2.29. The van der Waals surface area contributed by atoms with Gasteiger partial charge in [0.2, 0.25) is 5.91 Å². The molecule has 0 radical (unpaired) electrons. The summed E-state index contributed by atoms with van der Waals surface area (Å²) in [6.07, 6.45) is 0.854. The highest BCUT2D eigenvalue weighted by Gasteiger charge is 2.09. The van der Waals surface area contributed by atoms with Crippen LogP contribution >= 0.6 is 0 Å². The lowest BCUT2D eigenvalue weighted by Gasteiger charge is -2.06. The van der Waals surface area contributed by atoms with Crippen LogP contribution in [0.2, 0.25) is 0 Å². The molecule has 0 aliphatic heterocycles. The van der Waals surface area contributed by atoms with Gasteiger partial charge in [0.15, 0.2) is 5.78 Å². The monoisotopic (exact) mass is 325 g/mol. The van der Waals surface area contributed by atoms with Gasteiger partial charge < -0.3 is 10.4 Å². The molecule has 0 spiro atoms. The predicted molar refractivity (Wildman–Crippen MR) is 90.1 cm³/mol. The standard InChI is InChI=1S/C19H19NO4/c21-17(15-6-2-1-3-7-15)9-10-18(22)20-12-11-14-5-4-8-16(13-14)19(23)24/h1-8,13H,9-12H2,(H,20,22)(H,23,24). The van der Waals surface area contributed by atoms with Crippen LogP contribution in [0.5, 0.6) is 0 Å². The number of nitrogens with one attached hydrogen (secondary N) is 1. The van der Waals surface area contributed by atoms with Crippen molar-refractivity contribution in [2.24, 2.45) is 0 Å². The lowest BCUT2D eigenvalue weighted by atomic mass is 10.1. The first-order valence-corrected chi connectivity index (χ1v) is 7.73. The van der Waals surface area contributed by atoms with Crippen molar-refractivity contribution in [3.63, 3.8) is 0 Å². The molecule has 0 aliphatic rings. The summed E-state index contributed by atoms with van der Waals surface area (Å²) in [5.41, 5.74) is 1.68. The third-order valence-electron chi connectivity index (χ3n) is 3.58. The van der Waals surface area contributed by atoms with Crippen molar-refractivity contribution in [3.8, 4) is 0 Å². The summed E-state index contributed by atoms with van der Waals surface area (Å²) in [6.45, 7) is 0.404. The third kappa shape index (κ3) is 5.35. The minimum atomic E-state index is -0.972. The molecular formula is C19H19NO4. The number of hydrogen-bond donors (Lipinski definition) is 2. The first-order chi connectivity index (χ1) is 11.6. The summed E-state index contributed by atoms with van der Waals surface area (Å²) in [5.74, 6) is -1.21. The molecule has 1 amide bonds. The lowest BCUT2D eigenvalue weighted by molar-refractivity contribution is -0.121. The SMILES string of the molecule is O=C(CCC(=O)c1ccccc1)NCCc1cccc(C(=O)O)c1. The molecule has 124 valence electrons. The first kappa shape index (κ1) is 17.4. The fraction of sp³-hybridized carbons (Fsp3) is 0.211. The van der Waals surface area contributed by atoms with Gasteiger partial charge in [-0.3, -0.25) is 9.59 Å². The number of carbonyl (C=O) groups is 3. The maximum atomic E-state index is 11.9. The summed E-state index contributed by atoms with van der Waals surface area (Å²) in [6, 6.07) is 15.5. The second-order valence-electron chi connectivity index (χ2n) is 5.39. The van der Waals surface area contributed by atoms with Gasteiger partial charge in [-0.25, -0.2) is 4.79 Å². The van der Waals surface area contributed by atoms with Gasteiger partial charge in [0.1, 0.15) is 0 Å². The quantitative estimate of drug-likeness (QED) is 0.731. The lowest BCUT2D eigenvalue weighted by Crippen LogP contribution is -2.26. The van der Waals surface area contributed by atoms with E-state index >= 15 is 0 Å². The van der Waals surface area contributed by atoms with Gasteiger partial charge in [0.05, 0.1) is 5.56 Å². The summed E-state index contributed by atoms with van der Waals surface area (Å²) in [4.78, 5) is 34.6. The molecule has 0 aromatic heterocycles. The van der Waals surface area contributed by atoms with Crippen molar-refractivity contribution in [1.82, 2.24) is 5.32 Å². The van der Waals surface area contributed by atoms with E-state index < -0.39 is 5.97 Å². The molecular weight excluding hydrogens is 306 g/mol. The summed E-state index contributed by atoms with van der Waals surface area (Å²) < 4.78 is 0. The Morgan fingerprint density at radius 1 is 0.875 bits per heavy atom. The highest BCUT2D eigenvalue weighted by Crippen LogP contribution is 2.07. The molecule has 2 N–H and O–H groups in total. The highest BCUT2D eigenvalue weighted by molar-refractivity contribution is 5.97. The normalized spacial score (nSPS) is 10.2. The highest BCUT2D eigenvalue weighted by atomic mass is 16.4. The average molecular weight is 325 g/mol. The molecule has 2 aromatic carbocycles. The Labute approximate surface area is 140 Å². The zero-order valence-electron chi connectivity index (χ0n) is 13.2. The minimum Gasteiger partial charge on any atom is -0.478 e. The molecule has 0 fully saturated rings. The van der Waals surface area contributed by atoms with E-state index in [1.165, 1.54) is 6.07 Å². The third-order valence-corrected chi connectivity index (χ3v) is 3.58. The number of benzene rings is 2. The van der Waals surface area contributed by atoms with Crippen LogP contribution in [0, 0.1) is 0 Å². The molecule has 0 atom stereocenters. The summed E-state index contributed by atoms with van der Waals surface area (Å²) >= 11 is 0. The van der Waals surface area contributed by atoms with E-state index in [4.69, 9.17) is 5.11 Å². The number of Topliss-reactive ketones (excluding diaryl/α,β-unsaturated/α-hetero) is 1. The molecule has 5 heteroatoms. The number of amides is 1. The molecule has 2 aromatic rings. The van der Waals surface area contributed by atoms with Crippen LogP contribution in [0.25, 0.3) is 0 Å². The van der Waals surface area contributed by atoms with E-state index in [2.05, 4.69) is 5.32 Å². The Kier molecular flexibility index (Phi) is 6.25. The van der Waals surface area contributed by atoms with Gasteiger partial charge >= 0.3 is 5.97 Å². The molecule has 2 rings (SSSR count). The number of ketones is 1. The van der Waals surface area contributed by atoms with Crippen LogP contribution < -0.4 is 5.32 Å².